The van der Waals surface area contributed by atoms with Crippen molar-refractivity contribution in [3.8, 4) is 0 Å². The minimum Gasteiger partial charge on any atom is -0.450 e. The van der Waals surface area contributed by atoms with Crippen molar-refractivity contribution in [1.82, 2.24) is 10.2 Å². The number of rotatable bonds is 4. The molecule has 0 spiro atoms. The number of carbonyl (C=O) groups is 2. The molecule has 1 aliphatic rings. The number of ether oxygens (including phenoxy) is 1. The van der Waals surface area contributed by atoms with E-state index in [0.29, 0.717) is 13.1 Å². The number of aliphatic hydroxyl groups is 1. The Hall–Kier alpha value is -1.14. The lowest BCUT2D eigenvalue weighted by Crippen LogP contribution is -2.52. The van der Waals surface area contributed by atoms with Crippen LogP contribution < -0.4 is 5.32 Å². The molecule has 2 N–H and O–H groups in total. The fraction of sp³-hybridized carbons (Fsp3) is 0.778. The van der Waals surface area contributed by atoms with Crippen molar-refractivity contribution in [2.24, 2.45) is 5.92 Å². The lowest BCUT2D eigenvalue weighted by Gasteiger charge is -2.37. The van der Waals surface area contributed by atoms with E-state index >= 15 is 0 Å². The van der Waals surface area contributed by atoms with Crippen LogP contribution in [0.25, 0.3) is 0 Å². The summed E-state index contributed by atoms with van der Waals surface area (Å²) < 4.78 is 4.56. The number of hydrogen-bond donors (Lipinski definition) is 2. The molecular formula is C9H16N2O4. The smallest absolute Gasteiger partial charge is 0.413 e. The number of imide groups is 1. The van der Waals surface area contributed by atoms with Gasteiger partial charge in [-0.05, 0) is 6.92 Å². The number of aliphatic hydroxyl groups excluding tert-OH is 1. The summed E-state index contributed by atoms with van der Waals surface area (Å²) in [5.41, 5.74) is 0. The predicted molar refractivity (Wildman–Crippen MR) is 52.2 cm³/mol. The highest BCUT2D eigenvalue weighted by atomic mass is 16.5. The Kier molecular flexibility index (Phi) is 4.51. The zero-order chi connectivity index (χ0) is 11.3. The second kappa shape index (κ2) is 5.67. The van der Waals surface area contributed by atoms with E-state index in [9.17, 15) is 9.59 Å². The first-order chi connectivity index (χ1) is 7.15. The molecule has 0 aliphatic carbocycles. The van der Waals surface area contributed by atoms with E-state index < -0.39 is 6.09 Å². The molecule has 6 heteroatoms. The molecule has 0 aromatic heterocycles. The van der Waals surface area contributed by atoms with E-state index in [4.69, 9.17) is 5.11 Å². The summed E-state index contributed by atoms with van der Waals surface area (Å²) in [7, 11) is 0. The summed E-state index contributed by atoms with van der Waals surface area (Å²) in [5, 5.41) is 10.9. The van der Waals surface area contributed by atoms with Crippen molar-refractivity contribution < 1.29 is 19.4 Å². The number of likely N-dealkylation sites (tertiary alicyclic amines) is 1. The molecule has 0 radical (unpaired) electrons. The van der Waals surface area contributed by atoms with Crippen molar-refractivity contribution in [3.63, 3.8) is 0 Å². The van der Waals surface area contributed by atoms with Crippen LogP contribution in [0.1, 0.15) is 6.92 Å². The first-order valence-electron chi connectivity index (χ1n) is 4.95. The summed E-state index contributed by atoms with van der Waals surface area (Å²) in [6, 6.07) is 0. The minimum absolute atomic E-state index is 0.149. The minimum atomic E-state index is -0.707. The van der Waals surface area contributed by atoms with Gasteiger partial charge in [-0.1, -0.05) is 0 Å². The molecule has 1 aliphatic heterocycles. The average Bonchev–Trinajstić information content (AvgIpc) is 2.10. The molecule has 6 nitrogen and oxygen atoms in total. The fourth-order valence-electron chi connectivity index (χ4n) is 1.45. The van der Waals surface area contributed by atoms with Crippen molar-refractivity contribution in [3.05, 3.63) is 0 Å². The van der Waals surface area contributed by atoms with E-state index in [1.807, 2.05) is 4.90 Å². The van der Waals surface area contributed by atoms with Gasteiger partial charge in [0, 0.05) is 25.6 Å². The van der Waals surface area contributed by atoms with Gasteiger partial charge >= 0.3 is 6.09 Å². The van der Waals surface area contributed by atoms with Crippen LogP contribution in [0.3, 0.4) is 0 Å². The largest absolute Gasteiger partial charge is 0.450 e. The third kappa shape index (κ3) is 3.85. The molecule has 0 aromatic rings. The van der Waals surface area contributed by atoms with Crippen molar-refractivity contribution in [1.29, 1.82) is 0 Å². The second-order valence-corrected chi connectivity index (χ2v) is 3.51. The normalized spacial score (nSPS) is 16.9. The summed E-state index contributed by atoms with van der Waals surface area (Å²) in [6.45, 7) is 3.64. The summed E-state index contributed by atoms with van der Waals surface area (Å²) in [4.78, 5) is 23.9. The third-order valence-corrected chi connectivity index (χ3v) is 2.18. The van der Waals surface area contributed by atoms with Gasteiger partial charge in [-0.25, -0.2) is 4.79 Å². The Morgan fingerprint density at radius 3 is 2.73 bits per heavy atom. The number of carbonyl (C=O) groups excluding carboxylic acids is 2. The van der Waals surface area contributed by atoms with E-state index in [-0.39, 0.29) is 31.6 Å². The Labute approximate surface area is 88.2 Å². The Balaban J connectivity index is 2.12. The zero-order valence-electron chi connectivity index (χ0n) is 8.73. The summed E-state index contributed by atoms with van der Waals surface area (Å²) in [6.07, 6.45) is -0.707. The molecule has 0 bridgehead atoms. The Morgan fingerprint density at radius 2 is 2.20 bits per heavy atom. The molecule has 0 atom stereocenters. The van der Waals surface area contributed by atoms with Crippen LogP contribution >= 0.6 is 0 Å². The fourth-order valence-corrected chi connectivity index (χ4v) is 1.45. The quantitative estimate of drug-likeness (QED) is 0.642. The summed E-state index contributed by atoms with van der Waals surface area (Å²) >= 11 is 0. The molecular weight excluding hydrogens is 200 g/mol. The second-order valence-electron chi connectivity index (χ2n) is 3.51. The van der Waals surface area contributed by atoms with E-state index in [1.165, 1.54) is 0 Å². The average molecular weight is 216 g/mol. The van der Waals surface area contributed by atoms with Crippen LogP contribution in [0.2, 0.25) is 0 Å². The Morgan fingerprint density at radius 1 is 1.53 bits per heavy atom. The molecule has 1 saturated heterocycles. The third-order valence-electron chi connectivity index (χ3n) is 2.18. The van der Waals surface area contributed by atoms with Crippen LogP contribution in [-0.2, 0) is 9.53 Å². The van der Waals surface area contributed by atoms with Crippen LogP contribution in [0, 0.1) is 5.92 Å². The molecule has 1 fully saturated rings. The van der Waals surface area contributed by atoms with Crippen LogP contribution in [0.5, 0.6) is 0 Å². The van der Waals surface area contributed by atoms with E-state index in [2.05, 4.69) is 10.1 Å². The number of hydrogen-bond acceptors (Lipinski definition) is 5. The van der Waals surface area contributed by atoms with Gasteiger partial charge in [-0.3, -0.25) is 15.0 Å². The maximum absolute atomic E-state index is 11.2. The van der Waals surface area contributed by atoms with Crippen LogP contribution in [-0.4, -0.2) is 54.9 Å². The number of nitrogens with zero attached hydrogens (tertiary/aromatic N) is 1. The van der Waals surface area contributed by atoms with Gasteiger partial charge in [0.2, 0.25) is 5.91 Å². The lowest BCUT2D eigenvalue weighted by atomic mass is 10.0. The van der Waals surface area contributed by atoms with Crippen molar-refractivity contribution in [2.45, 2.75) is 6.92 Å². The van der Waals surface area contributed by atoms with Crippen molar-refractivity contribution >= 4 is 12.0 Å². The molecule has 0 aromatic carbocycles. The highest BCUT2D eigenvalue weighted by Crippen LogP contribution is 2.13. The van der Waals surface area contributed by atoms with Gasteiger partial charge < -0.3 is 9.84 Å². The highest BCUT2D eigenvalue weighted by molar-refractivity contribution is 5.92. The maximum Gasteiger partial charge on any atom is 0.413 e. The van der Waals surface area contributed by atoms with Crippen LogP contribution in [0.4, 0.5) is 4.79 Å². The van der Waals surface area contributed by atoms with E-state index in [1.54, 1.807) is 6.92 Å². The predicted octanol–water partition coefficient (Wildman–Crippen LogP) is -0.817. The van der Waals surface area contributed by atoms with Gasteiger partial charge in [-0.2, -0.15) is 0 Å². The molecule has 86 valence electrons. The number of alkyl carbamates (subject to hydrolysis) is 1. The first-order valence-corrected chi connectivity index (χ1v) is 4.95. The monoisotopic (exact) mass is 216 g/mol. The van der Waals surface area contributed by atoms with Gasteiger partial charge in [0.05, 0.1) is 13.2 Å². The molecule has 1 rings (SSSR count). The lowest BCUT2D eigenvalue weighted by molar-refractivity contribution is -0.123. The summed E-state index contributed by atoms with van der Waals surface area (Å²) in [5.74, 6) is -0.106. The number of amides is 2. The number of nitrogens with one attached hydrogen (secondary N) is 1. The maximum atomic E-state index is 11.2. The highest BCUT2D eigenvalue weighted by Gasteiger charge is 2.27. The van der Waals surface area contributed by atoms with Crippen molar-refractivity contribution in [2.75, 3.05) is 32.8 Å². The van der Waals surface area contributed by atoms with Crippen LogP contribution in [0.15, 0.2) is 0 Å². The van der Waals surface area contributed by atoms with E-state index in [0.717, 1.165) is 0 Å². The first kappa shape index (κ1) is 11.9. The van der Waals surface area contributed by atoms with Gasteiger partial charge in [0.15, 0.2) is 0 Å². The molecule has 15 heavy (non-hydrogen) atoms. The van der Waals surface area contributed by atoms with Gasteiger partial charge in [-0.15, -0.1) is 0 Å². The zero-order valence-corrected chi connectivity index (χ0v) is 8.73. The molecule has 0 saturated carbocycles. The molecule has 0 unspecified atom stereocenters. The molecule has 1 heterocycles. The van der Waals surface area contributed by atoms with Gasteiger partial charge in [0.1, 0.15) is 0 Å². The molecule has 2 amide bonds. The standard InChI is InChI=1S/C9H16N2O4/c1-2-15-9(14)10-8(13)5-11-3-7(4-11)6-12/h7,12H,2-6H2,1H3,(H,10,13,14). The topological polar surface area (TPSA) is 78.9 Å². The van der Waals surface area contributed by atoms with Gasteiger partial charge in [0.25, 0.3) is 0 Å². The Bertz CT molecular complexity index is 238. The SMILES string of the molecule is CCOC(=O)NC(=O)CN1CC(CO)C1.